The number of hydrogen-bond donors (Lipinski definition) is 1. The maximum Gasteiger partial charge on any atom is 0.148 e. The summed E-state index contributed by atoms with van der Waals surface area (Å²) in [4.78, 5) is 0. The third kappa shape index (κ3) is 2.81. The summed E-state index contributed by atoms with van der Waals surface area (Å²) in [5.74, 6) is -0.957. The van der Waals surface area contributed by atoms with Crippen molar-refractivity contribution in [2.45, 2.75) is 13.0 Å². The lowest BCUT2D eigenvalue weighted by Crippen LogP contribution is -2.14. The summed E-state index contributed by atoms with van der Waals surface area (Å²) in [5, 5.41) is -0.0273. The highest BCUT2D eigenvalue weighted by Gasteiger charge is 2.18. The summed E-state index contributed by atoms with van der Waals surface area (Å²) in [6.45, 7) is 1.65. The third-order valence-electron chi connectivity index (χ3n) is 2.96. The Kier molecular flexibility index (Phi) is 4.23. The zero-order chi connectivity index (χ0) is 14.2. The first-order valence-electron chi connectivity index (χ1n) is 5.57. The molecule has 5 heteroatoms. The highest BCUT2D eigenvalue weighted by molar-refractivity contribution is 9.10. The second kappa shape index (κ2) is 5.57. The van der Waals surface area contributed by atoms with E-state index in [2.05, 4.69) is 15.9 Å². The van der Waals surface area contributed by atoms with Crippen LogP contribution in [0, 0.1) is 18.6 Å². The first-order chi connectivity index (χ1) is 8.91. The number of rotatable bonds is 2. The number of halogens is 4. The lowest BCUT2D eigenvalue weighted by molar-refractivity contribution is 0.594. The molecule has 19 heavy (non-hydrogen) atoms. The second-order valence-electron chi connectivity index (χ2n) is 4.25. The van der Waals surface area contributed by atoms with Crippen molar-refractivity contribution in [2.75, 3.05) is 0 Å². The van der Waals surface area contributed by atoms with E-state index in [1.165, 1.54) is 12.1 Å². The van der Waals surface area contributed by atoms with Gasteiger partial charge in [-0.25, -0.2) is 8.78 Å². The molecule has 0 saturated carbocycles. The Morgan fingerprint density at radius 3 is 2.53 bits per heavy atom. The molecule has 1 nitrogen and oxygen atoms in total. The van der Waals surface area contributed by atoms with Gasteiger partial charge in [0, 0.05) is 10.0 Å². The molecule has 0 amide bonds. The molecule has 0 spiro atoms. The van der Waals surface area contributed by atoms with E-state index in [1.54, 1.807) is 25.1 Å². The number of nitrogens with two attached hydrogens (primary N) is 1. The van der Waals surface area contributed by atoms with Crippen LogP contribution in [0.1, 0.15) is 22.7 Å². The molecule has 0 aliphatic rings. The van der Waals surface area contributed by atoms with Crippen molar-refractivity contribution < 1.29 is 8.78 Å². The molecule has 2 rings (SSSR count). The fourth-order valence-corrected chi connectivity index (χ4v) is 2.24. The molecular weight excluding hydrogens is 336 g/mol. The summed E-state index contributed by atoms with van der Waals surface area (Å²) < 4.78 is 28.0. The monoisotopic (exact) mass is 345 g/mol. The molecule has 2 N–H and O–H groups in total. The minimum atomic E-state index is -0.763. The quantitative estimate of drug-likeness (QED) is 0.781. The molecule has 1 unspecified atom stereocenters. The lowest BCUT2D eigenvalue weighted by Gasteiger charge is -2.15. The highest BCUT2D eigenvalue weighted by atomic mass is 79.9. The fraction of sp³-hybridized carbons (Fsp3) is 0.143. The lowest BCUT2D eigenvalue weighted by atomic mass is 9.98. The van der Waals surface area contributed by atoms with E-state index in [1.807, 2.05) is 0 Å². The van der Waals surface area contributed by atoms with E-state index >= 15 is 0 Å². The maximum absolute atomic E-state index is 14.0. The standard InChI is InChI=1S/C14H11BrClF2N/c1-7-2-3-8(6-11(7)17)14(19)9-4-5-10(15)12(16)13(9)18/h2-6,14H,19H2,1H3. The number of hydrogen-bond acceptors (Lipinski definition) is 1. The van der Waals surface area contributed by atoms with Crippen molar-refractivity contribution in [3.63, 3.8) is 0 Å². The minimum Gasteiger partial charge on any atom is -0.320 e. The zero-order valence-electron chi connectivity index (χ0n) is 10.1. The van der Waals surface area contributed by atoms with Gasteiger partial charge in [-0.05, 0) is 46.1 Å². The number of benzene rings is 2. The van der Waals surface area contributed by atoms with Crippen LogP contribution in [-0.4, -0.2) is 0 Å². The highest BCUT2D eigenvalue weighted by Crippen LogP contribution is 2.32. The van der Waals surface area contributed by atoms with Crippen molar-refractivity contribution >= 4 is 27.5 Å². The minimum absolute atomic E-state index is 0.0273. The van der Waals surface area contributed by atoms with Gasteiger partial charge in [-0.3, -0.25) is 0 Å². The Hall–Kier alpha value is -0.970. The van der Waals surface area contributed by atoms with Gasteiger partial charge >= 0.3 is 0 Å². The van der Waals surface area contributed by atoms with Crippen molar-refractivity contribution in [1.82, 2.24) is 0 Å². The van der Waals surface area contributed by atoms with Crippen molar-refractivity contribution in [2.24, 2.45) is 5.73 Å². The number of aryl methyl sites for hydroxylation is 1. The predicted molar refractivity (Wildman–Crippen MR) is 76.3 cm³/mol. The Balaban J connectivity index is 2.47. The van der Waals surface area contributed by atoms with Crippen LogP contribution in [0.15, 0.2) is 34.8 Å². The van der Waals surface area contributed by atoms with Crippen molar-refractivity contribution in [3.8, 4) is 0 Å². The molecule has 100 valence electrons. The van der Waals surface area contributed by atoms with Crippen LogP contribution in [0.4, 0.5) is 8.78 Å². The Bertz CT molecular complexity index is 631. The molecule has 2 aromatic rings. The first-order valence-corrected chi connectivity index (χ1v) is 6.74. The van der Waals surface area contributed by atoms with Gasteiger partial charge in [-0.2, -0.15) is 0 Å². The van der Waals surface area contributed by atoms with E-state index in [9.17, 15) is 8.78 Å². The second-order valence-corrected chi connectivity index (χ2v) is 5.48. The molecule has 0 bridgehead atoms. The fourth-order valence-electron chi connectivity index (χ4n) is 1.76. The average Bonchev–Trinajstić information content (AvgIpc) is 2.39. The van der Waals surface area contributed by atoms with Gasteiger partial charge in [0.1, 0.15) is 11.6 Å². The third-order valence-corrected chi connectivity index (χ3v) is 4.21. The molecule has 1 atom stereocenters. The SMILES string of the molecule is Cc1ccc(C(N)c2ccc(Br)c(Cl)c2F)cc1F. The van der Waals surface area contributed by atoms with Gasteiger partial charge in [-0.1, -0.05) is 29.8 Å². The normalized spacial score (nSPS) is 12.5. The van der Waals surface area contributed by atoms with Crippen LogP contribution in [0.3, 0.4) is 0 Å². The topological polar surface area (TPSA) is 26.0 Å². The zero-order valence-corrected chi connectivity index (χ0v) is 12.4. The summed E-state index contributed by atoms with van der Waals surface area (Å²) in [6, 6.07) is 7.00. The van der Waals surface area contributed by atoms with E-state index in [4.69, 9.17) is 17.3 Å². The van der Waals surface area contributed by atoms with Crippen LogP contribution in [0.25, 0.3) is 0 Å². The van der Waals surface area contributed by atoms with Crippen molar-refractivity contribution in [1.29, 1.82) is 0 Å². The summed E-state index contributed by atoms with van der Waals surface area (Å²) in [7, 11) is 0. The van der Waals surface area contributed by atoms with Gasteiger partial charge in [0.25, 0.3) is 0 Å². The largest absolute Gasteiger partial charge is 0.320 e. The van der Waals surface area contributed by atoms with Crippen LogP contribution in [0.2, 0.25) is 5.02 Å². The Labute approximate surface area is 123 Å². The summed E-state index contributed by atoms with van der Waals surface area (Å²) in [5.41, 5.74) is 7.23. The van der Waals surface area contributed by atoms with Crippen LogP contribution < -0.4 is 5.73 Å². The van der Waals surface area contributed by atoms with Gasteiger partial charge in [-0.15, -0.1) is 0 Å². The summed E-state index contributed by atoms with van der Waals surface area (Å²) in [6.07, 6.45) is 0. The molecule has 0 saturated heterocycles. The molecule has 0 aromatic heterocycles. The van der Waals surface area contributed by atoms with Crippen LogP contribution >= 0.6 is 27.5 Å². The molecule has 0 heterocycles. The van der Waals surface area contributed by atoms with Gasteiger partial charge in [0.2, 0.25) is 0 Å². The van der Waals surface area contributed by atoms with Crippen LogP contribution in [-0.2, 0) is 0 Å². The molecule has 0 aliphatic carbocycles. The van der Waals surface area contributed by atoms with Gasteiger partial charge in [0.05, 0.1) is 11.1 Å². The first kappa shape index (κ1) is 14.4. The molecule has 2 aromatic carbocycles. The van der Waals surface area contributed by atoms with E-state index in [0.29, 0.717) is 15.6 Å². The molecule has 0 radical (unpaired) electrons. The smallest absolute Gasteiger partial charge is 0.148 e. The molecular formula is C14H11BrClF2N. The van der Waals surface area contributed by atoms with Crippen LogP contribution in [0.5, 0.6) is 0 Å². The van der Waals surface area contributed by atoms with E-state index < -0.39 is 11.9 Å². The average molecular weight is 347 g/mol. The maximum atomic E-state index is 14.0. The predicted octanol–water partition coefficient (Wildman–Crippen LogP) is 4.74. The van der Waals surface area contributed by atoms with Crippen molar-refractivity contribution in [3.05, 3.63) is 68.2 Å². The van der Waals surface area contributed by atoms with Gasteiger partial charge < -0.3 is 5.73 Å². The van der Waals surface area contributed by atoms with E-state index in [0.717, 1.165) is 0 Å². The Morgan fingerprint density at radius 1 is 1.21 bits per heavy atom. The molecule has 0 aliphatic heterocycles. The summed E-state index contributed by atoms with van der Waals surface area (Å²) >= 11 is 8.95. The van der Waals surface area contributed by atoms with Gasteiger partial charge in [0.15, 0.2) is 0 Å². The Morgan fingerprint density at radius 2 is 1.89 bits per heavy atom. The molecule has 0 fully saturated rings. The van der Waals surface area contributed by atoms with E-state index in [-0.39, 0.29) is 16.4 Å².